The number of amides is 1. The van der Waals surface area contributed by atoms with E-state index < -0.39 is 12.1 Å². The molecule has 2 N–H and O–H groups in total. The van der Waals surface area contributed by atoms with Gasteiger partial charge in [0, 0.05) is 17.6 Å². The molecule has 0 aliphatic carbocycles. The number of hydrogen-bond acceptors (Lipinski definition) is 3. The zero-order valence-electron chi connectivity index (χ0n) is 10.3. The average molecular weight is 353 g/mol. The topological polar surface area (TPSA) is 55.6 Å². The Bertz CT molecular complexity index is 528. The first kappa shape index (κ1) is 15.0. The Morgan fingerprint density at radius 2 is 1.90 bits per heavy atom. The fraction of sp³-hybridized carbons (Fsp3) is 0.417. The largest absolute Gasteiger partial charge is 0.573 e. The molecule has 1 aromatic rings. The summed E-state index contributed by atoms with van der Waals surface area (Å²) in [5, 5.41) is 0. The Kier molecular flexibility index (Phi) is 4.12. The third-order valence-corrected chi connectivity index (χ3v) is 3.41. The molecular weight excluding hydrogens is 341 g/mol. The molecule has 1 fully saturated rings. The van der Waals surface area contributed by atoms with Crippen molar-refractivity contribution in [3.8, 4) is 5.75 Å². The van der Waals surface area contributed by atoms with Gasteiger partial charge in [0.2, 0.25) is 0 Å². The summed E-state index contributed by atoms with van der Waals surface area (Å²) >= 11 is 3.06. The maximum absolute atomic E-state index is 12.3. The van der Waals surface area contributed by atoms with Gasteiger partial charge in [-0.2, -0.15) is 0 Å². The number of ether oxygens (including phenoxy) is 1. The normalized spacial score (nSPS) is 15.5. The number of alkyl halides is 3. The summed E-state index contributed by atoms with van der Waals surface area (Å²) in [4.78, 5) is 13.8. The summed E-state index contributed by atoms with van der Waals surface area (Å²) in [6, 6.07) is 2.49. The van der Waals surface area contributed by atoms with Gasteiger partial charge in [0.25, 0.3) is 5.91 Å². The van der Waals surface area contributed by atoms with Crippen molar-refractivity contribution in [1.29, 1.82) is 0 Å². The molecule has 1 aliphatic rings. The Morgan fingerprint density at radius 3 is 2.45 bits per heavy atom. The first-order valence-electron chi connectivity index (χ1n) is 5.92. The van der Waals surface area contributed by atoms with Crippen LogP contribution < -0.4 is 10.5 Å². The minimum Gasteiger partial charge on any atom is -0.404 e. The molecule has 2 rings (SSSR count). The molecule has 1 aromatic carbocycles. The lowest BCUT2D eigenvalue weighted by atomic mass is 10.1. The number of rotatable bonds is 2. The molecule has 0 saturated carbocycles. The van der Waals surface area contributed by atoms with Gasteiger partial charge in [0.15, 0.2) is 5.75 Å². The van der Waals surface area contributed by atoms with Crippen LogP contribution in [0.2, 0.25) is 0 Å². The van der Waals surface area contributed by atoms with E-state index in [4.69, 9.17) is 5.73 Å². The molecule has 1 heterocycles. The van der Waals surface area contributed by atoms with E-state index in [1.807, 2.05) is 0 Å². The van der Waals surface area contributed by atoms with E-state index >= 15 is 0 Å². The molecular formula is C12H12BrF3N2O2. The molecule has 1 saturated heterocycles. The molecule has 0 unspecified atom stereocenters. The van der Waals surface area contributed by atoms with E-state index in [9.17, 15) is 18.0 Å². The third kappa shape index (κ3) is 3.36. The molecule has 4 nitrogen and oxygen atoms in total. The van der Waals surface area contributed by atoms with Crippen LogP contribution in [0.3, 0.4) is 0 Å². The van der Waals surface area contributed by atoms with Gasteiger partial charge in [-0.3, -0.25) is 4.79 Å². The lowest BCUT2D eigenvalue weighted by Gasteiger charge is -2.19. The highest BCUT2D eigenvalue weighted by atomic mass is 79.9. The van der Waals surface area contributed by atoms with Crippen molar-refractivity contribution in [2.45, 2.75) is 19.2 Å². The SMILES string of the molecule is Nc1c(OC(F)(F)F)cc(Br)cc1C(=O)N1CCCC1. The minimum atomic E-state index is -4.86. The fourth-order valence-corrected chi connectivity index (χ4v) is 2.51. The van der Waals surface area contributed by atoms with Gasteiger partial charge in [-0.05, 0) is 25.0 Å². The van der Waals surface area contributed by atoms with Gasteiger partial charge in [-0.25, -0.2) is 0 Å². The summed E-state index contributed by atoms with van der Waals surface area (Å²) in [5.74, 6) is -0.956. The van der Waals surface area contributed by atoms with Crippen LogP contribution in [-0.4, -0.2) is 30.3 Å². The van der Waals surface area contributed by atoms with Crippen LogP contribution in [0.15, 0.2) is 16.6 Å². The van der Waals surface area contributed by atoms with Crippen LogP contribution in [0.1, 0.15) is 23.2 Å². The van der Waals surface area contributed by atoms with Crippen LogP contribution in [0.25, 0.3) is 0 Å². The molecule has 110 valence electrons. The van der Waals surface area contributed by atoms with E-state index in [2.05, 4.69) is 20.7 Å². The number of likely N-dealkylation sites (tertiary alicyclic amines) is 1. The van der Waals surface area contributed by atoms with Crippen LogP contribution in [0, 0.1) is 0 Å². The summed E-state index contributed by atoms with van der Waals surface area (Å²) < 4.78 is 41.0. The molecule has 0 aromatic heterocycles. The summed E-state index contributed by atoms with van der Waals surface area (Å²) in [7, 11) is 0. The smallest absolute Gasteiger partial charge is 0.404 e. The van der Waals surface area contributed by atoms with Gasteiger partial charge < -0.3 is 15.4 Å². The van der Waals surface area contributed by atoms with E-state index in [0.29, 0.717) is 17.6 Å². The number of carbonyl (C=O) groups excluding carboxylic acids is 1. The quantitative estimate of drug-likeness (QED) is 0.831. The standard InChI is InChI=1S/C12H12BrF3N2O2/c13-7-5-8(11(19)18-3-1-2-4-18)10(17)9(6-7)20-12(14,15)16/h5-6H,1-4,17H2. The van der Waals surface area contributed by atoms with Crippen molar-refractivity contribution in [3.63, 3.8) is 0 Å². The maximum Gasteiger partial charge on any atom is 0.573 e. The number of hydrogen-bond donors (Lipinski definition) is 1. The Hall–Kier alpha value is -1.44. The van der Waals surface area contributed by atoms with Crippen molar-refractivity contribution >= 4 is 27.5 Å². The molecule has 8 heteroatoms. The fourth-order valence-electron chi connectivity index (χ4n) is 2.07. The van der Waals surface area contributed by atoms with Crippen molar-refractivity contribution in [2.24, 2.45) is 0 Å². The zero-order chi connectivity index (χ0) is 14.9. The predicted octanol–water partition coefficient (Wildman–Crippen LogP) is 3.17. The second-order valence-corrected chi connectivity index (χ2v) is 5.33. The van der Waals surface area contributed by atoms with Crippen molar-refractivity contribution in [1.82, 2.24) is 4.90 Å². The number of benzene rings is 1. The van der Waals surface area contributed by atoms with Crippen molar-refractivity contribution in [3.05, 3.63) is 22.2 Å². The highest BCUT2D eigenvalue weighted by Crippen LogP contribution is 2.35. The minimum absolute atomic E-state index is 0.0144. The highest BCUT2D eigenvalue weighted by molar-refractivity contribution is 9.10. The van der Waals surface area contributed by atoms with Crippen molar-refractivity contribution < 1.29 is 22.7 Å². The van der Waals surface area contributed by atoms with E-state index in [1.165, 1.54) is 6.07 Å². The van der Waals surface area contributed by atoms with Crippen LogP contribution in [0.4, 0.5) is 18.9 Å². The zero-order valence-corrected chi connectivity index (χ0v) is 11.9. The second kappa shape index (κ2) is 5.51. The predicted molar refractivity (Wildman–Crippen MR) is 70.4 cm³/mol. The van der Waals surface area contributed by atoms with E-state index in [0.717, 1.165) is 18.9 Å². The van der Waals surface area contributed by atoms with Crippen LogP contribution in [0.5, 0.6) is 5.75 Å². The first-order chi connectivity index (χ1) is 9.28. The number of carbonyl (C=O) groups is 1. The molecule has 0 spiro atoms. The van der Waals surface area contributed by atoms with E-state index in [1.54, 1.807) is 4.90 Å². The lowest BCUT2D eigenvalue weighted by molar-refractivity contribution is -0.274. The van der Waals surface area contributed by atoms with Gasteiger partial charge in [-0.15, -0.1) is 13.2 Å². The summed E-state index contributed by atoms with van der Waals surface area (Å²) in [6.45, 7) is 1.17. The number of nitrogens with zero attached hydrogens (tertiary/aromatic N) is 1. The van der Waals surface area contributed by atoms with Gasteiger partial charge >= 0.3 is 6.36 Å². The third-order valence-electron chi connectivity index (χ3n) is 2.96. The number of nitrogen functional groups attached to an aromatic ring is 1. The number of anilines is 1. The Balaban J connectivity index is 2.35. The van der Waals surface area contributed by atoms with Crippen LogP contribution >= 0.6 is 15.9 Å². The van der Waals surface area contributed by atoms with Crippen LogP contribution in [-0.2, 0) is 0 Å². The molecule has 0 atom stereocenters. The molecule has 1 amide bonds. The average Bonchev–Trinajstić information content (AvgIpc) is 2.84. The highest BCUT2D eigenvalue weighted by Gasteiger charge is 2.33. The second-order valence-electron chi connectivity index (χ2n) is 4.41. The summed E-state index contributed by atoms with van der Waals surface area (Å²) in [6.07, 6.45) is -3.10. The van der Waals surface area contributed by atoms with Crippen molar-refractivity contribution in [2.75, 3.05) is 18.8 Å². The molecule has 0 bridgehead atoms. The Morgan fingerprint density at radius 1 is 1.30 bits per heavy atom. The summed E-state index contributed by atoms with van der Waals surface area (Å²) in [5.41, 5.74) is 5.35. The number of nitrogens with two attached hydrogens (primary N) is 1. The molecule has 0 radical (unpaired) electrons. The monoisotopic (exact) mass is 352 g/mol. The first-order valence-corrected chi connectivity index (χ1v) is 6.71. The molecule has 20 heavy (non-hydrogen) atoms. The van der Waals surface area contributed by atoms with E-state index in [-0.39, 0.29) is 17.2 Å². The van der Waals surface area contributed by atoms with Gasteiger partial charge in [0.05, 0.1) is 11.3 Å². The Labute approximate surface area is 121 Å². The van der Waals surface area contributed by atoms with Gasteiger partial charge in [0.1, 0.15) is 0 Å². The maximum atomic E-state index is 12.3. The lowest BCUT2D eigenvalue weighted by Crippen LogP contribution is -2.28. The number of halogens is 4. The molecule has 1 aliphatic heterocycles. The van der Waals surface area contributed by atoms with Gasteiger partial charge in [-0.1, -0.05) is 15.9 Å².